The minimum atomic E-state index is -0.266. The number of rotatable bonds is 5. The van der Waals surface area contributed by atoms with Gasteiger partial charge in [0, 0.05) is 17.2 Å². The Morgan fingerprint density at radius 1 is 1.04 bits per heavy atom. The molecular formula is C19H22N2O3. The van der Waals surface area contributed by atoms with Crippen LogP contribution in [-0.4, -0.2) is 18.9 Å². The molecule has 5 nitrogen and oxygen atoms in total. The number of hydrogen-bond donors (Lipinski definition) is 2. The molecule has 0 saturated carbocycles. The number of anilines is 2. The second kappa shape index (κ2) is 7.64. The zero-order valence-electron chi connectivity index (χ0n) is 14.3. The molecule has 2 aromatic rings. The van der Waals surface area contributed by atoms with Crippen LogP contribution in [-0.2, 0) is 4.79 Å². The highest BCUT2D eigenvalue weighted by atomic mass is 16.5. The van der Waals surface area contributed by atoms with Crippen molar-refractivity contribution in [3.8, 4) is 5.75 Å². The summed E-state index contributed by atoms with van der Waals surface area (Å²) in [5, 5.41) is 5.62. The van der Waals surface area contributed by atoms with Crippen molar-refractivity contribution in [2.24, 2.45) is 5.92 Å². The number of ether oxygens (including phenoxy) is 1. The molecule has 0 aliphatic heterocycles. The van der Waals surface area contributed by atoms with E-state index in [-0.39, 0.29) is 17.7 Å². The van der Waals surface area contributed by atoms with Gasteiger partial charge in [-0.2, -0.15) is 0 Å². The van der Waals surface area contributed by atoms with Gasteiger partial charge in [0.15, 0.2) is 0 Å². The maximum absolute atomic E-state index is 12.5. The van der Waals surface area contributed by atoms with E-state index in [1.165, 1.54) is 0 Å². The summed E-state index contributed by atoms with van der Waals surface area (Å²) in [6.07, 6.45) is 0. The molecule has 0 aliphatic rings. The highest BCUT2D eigenvalue weighted by molar-refractivity contribution is 6.06. The summed E-state index contributed by atoms with van der Waals surface area (Å²) in [4.78, 5) is 24.2. The molecule has 2 aromatic carbocycles. The van der Waals surface area contributed by atoms with Crippen LogP contribution in [0.15, 0.2) is 42.5 Å². The van der Waals surface area contributed by atoms with E-state index in [9.17, 15) is 9.59 Å². The fourth-order valence-electron chi connectivity index (χ4n) is 2.12. The lowest BCUT2D eigenvalue weighted by atomic mass is 10.1. The maximum Gasteiger partial charge on any atom is 0.255 e. The zero-order valence-corrected chi connectivity index (χ0v) is 14.3. The van der Waals surface area contributed by atoms with Crippen LogP contribution in [0.4, 0.5) is 11.4 Å². The van der Waals surface area contributed by atoms with Crippen LogP contribution < -0.4 is 15.4 Å². The third-order valence-electron chi connectivity index (χ3n) is 3.52. The van der Waals surface area contributed by atoms with Crippen LogP contribution in [0.25, 0.3) is 0 Å². The van der Waals surface area contributed by atoms with Gasteiger partial charge in [0.1, 0.15) is 5.75 Å². The predicted octanol–water partition coefficient (Wildman–Crippen LogP) is 3.85. The van der Waals surface area contributed by atoms with Crippen molar-refractivity contribution in [1.29, 1.82) is 0 Å². The van der Waals surface area contributed by atoms with E-state index in [1.54, 1.807) is 37.4 Å². The van der Waals surface area contributed by atoms with E-state index in [0.29, 0.717) is 22.7 Å². The Morgan fingerprint density at radius 3 is 2.46 bits per heavy atom. The highest BCUT2D eigenvalue weighted by Crippen LogP contribution is 2.26. The van der Waals surface area contributed by atoms with Crippen LogP contribution in [0.5, 0.6) is 5.75 Å². The van der Waals surface area contributed by atoms with Crippen molar-refractivity contribution in [1.82, 2.24) is 0 Å². The van der Waals surface area contributed by atoms with Crippen LogP contribution >= 0.6 is 0 Å². The second-order valence-corrected chi connectivity index (χ2v) is 5.88. The van der Waals surface area contributed by atoms with Gasteiger partial charge in [-0.3, -0.25) is 9.59 Å². The fourth-order valence-corrected chi connectivity index (χ4v) is 2.12. The van der Waals surface area contributed by atoms with Crippen molar-refractivity contribution in [2.75, 3.05) is 17.7 Å². The fraction of sp³-hybridized carbons (Fsp3) is 0.263. The topological polar surface area (TPSA) is 67.4 Å². The monoisotopic (exact) mass is 326 g/mol. The molecule has 126 valence electrons. The van der Waals surface area contributed by atoms with Gasteiger partial charge in [-0.25, -0.2) is 0 Å². The van der Waals surface area contributed by atoms with Gasteiger partial charge >= 0.3 is 0 Å². The Labute approximate surface area is 142 Å². The Kier molecular flexibility index (Phi) is 5.58. The normalized spacial score (nSPS) is 10.4. The number of aryl methyl sites for hydroxylation is 1. The standard InChI is InChI=1S/C19H22N2O3/c1-12(2)18(22)20-15-7-5-6-14(11-15)19(23)21-16-9-8-13(3)10-17(16)24-4/h5-12H,1-4H3,(H,20,22)(H,21,23). The quantitative estimate of drug-likeness (QED) is 0.877. The lowest BCUT2D eigenvalue weighted by Crippen LogP contribution is -2.18. The van der Waals surface area contributed by atoms with Crippen molar-refractivity contribution in [3.05, 3.63) is 53.6 Å². The molecule has 0 fully saturated rings. The van der Waals surface area contributed by atoms with Gasteiger partial charge in [-0.15, -0.1) is 0 Å². The number of carbonyl (C=O) groups is 2. The van der Waals surface area contributed by atoms with Crippen molar-refractivity contribution in [2.45, 2.75) is 20.8 Å². The van der Waals surface area contributed by atoms with E-state index in [1.807, 2.05) is 32.9 Å². The first-order valence-electron chi connectivity index (χ1n) is 7.77. The van der Waals surface area contributed by atoms with Crippen molar-refractivity contribution < 1.29 is 14.3 Å². The molecule has 5 heteroatoms. The molecule has 24 heavy (non-hydrogen) atoms. The van der Waals surface area contributed by atoms with Gasteiger partial charge in [0.2, 0.25) is 5.91 Å². The van der Waals surface area contributed by atoms with E-state index in [0.717, 1.165) is 5.56 Å². The highest BCUT2D eigenvalue weighted by Gasteiger charge is 2.12. The summed E-state index contributed by atoms with van der Waals surface area (Å²) in [5.41, 5.74) is 2.70. The molecule has 0 aromatic heterocycles. The van der Waals surface area contributed by atoms with Crippen molar-refractivity contribution >= 4 is 23.2 Å². The lowest BCUT2D eigenvalue weighted by molar-refractivity contribution is -0.118. The van der Waals surface area contributed by atoms with Crippen LogP contribution in [0, 0.1) is 12.8 Å². The summed E-state index contributed by atoms with van der Waals surface area (Å²) >= 11 is 0. The third kappa shape index (κ3) is 4.35. The number of hydrogen-bond acceptors (Lipinski definition) is 3. The number of carbonyl (C=O) groups excluding carboxylic acids is 2. The first-order valence-corrected chi connectivity index (χ1v) is 7.77. The minimum Gasteiger partial charge on any atom is -0.495 e. The molecule has 2 rings (SSSR count). The predicted molar refractivity (Wildman–Crippen MR) is 95.6 cm³/mol. The molecule has 0 radical (unpaired) electrons. The summed E-state index contributed by atoms with van der Waals surface area (Å²) < 4.78 is 5.29. The Balaban J connectivity index is 2.17. The number of amides is 2. The zero-order chi connectivity index (χ0) is 17.7. The van der Waals surface area contributed by atoms with Gasteiger partial charge in [-0.1, -0.05) is 26.0 Å². The lowest BCUT2D eigenvalue weighted by Gasteiger charge is -2.12. The third-order valence-corrected chi connectivity index (χ3v) is 3.52. The van der Waals surface area contributed by atoms with Gasteiger partial charge in [-0.05, 0) is 42.8 Å². The average molecular weight is 326 g/mol. The summed E-state index contributed by atoms with van der Waals surface area (Å²) in [7, 11) is 1.56. The Morgan fingerprint density at radius 2 is 1.79 bits per heavy atom. The largest absolute Gasteiger partial charge is 0.495 e. The molecule has 0 aliphatic carbocycles. The number of methoxy groups -OCH3 is 1. The molecular weight excluding hydrogens is 304 g/mol. The molecule has 0 unspecified atom stereocenters. The Hall–Kier alpha value is -2.82. The number of benzene rings is 2. The SMILES string of the molecule is COc1cc(C)ccc1NC(=O)c1cccc(NC(=O)C(C)C)c1. The minimum absolute atomic E-state index is 0.0900. The summed E-state index contributed by atoms with van der Waals surface area (Å²) in [6, 6.07) is 12.4. The summed E-state index contributed by atoms with van der Waals surface area (Å²) in [6.45, 7) is 5.58. The molecule has 2 amide bonds. The smallest absolute Gasteiger partial charge is 0.255 e. The van der Waals surface area contributed by atoms with E-state index in [4.69, 9.17) is 4.74 Å². The van der Waals surface area contributed by atoms with Gasteiger partial charge in [0.05, 0.1) is 12.8 Å². The van der Waals surface area contributed by atoms with E-state index >= 15 is 0 Å². The molecule has 0 bridgehead atoms. The van der Waals surface area contributed by atoms with Gasteiger partial charge < -0.3 is 15.4 Å². The van der Waals surface area contributed by atoms with Crippen molar-refractivity contribution in [3.63, 3.8) is 0 Å². The first kappa shape index (κ1) is 17.5. The second-order valence-electron chi connectivity index (χ2n) is 5.88. The van der Waals surface area contributed by atoms with Crippen LogP contribution in [0.3, 0.4) is 0 Å². The average Bonchev–Trinajstić information content (AvgIpc) is 2.56. The summed E-state index contributed by atoms with van der Waals surface area (Å²) in [5.74, 6) is 0.123. The Bertz CT molecular complexity index is 754. The van der Waals surface area contributed by atoms with Crippen LogP contribution in [0.1, 0.15) is 29.8 Å². The van der Waals surface area contributed by atoms with E-state index in [2.05, 4.69) is 10.6 Å². The molecule has 0 heterocycles. The maximum atomic E-state index is 12.5. The molecule has 0 spiro atoms. The number of nitrogens with one attached hydrogen (secondary N) is 2. The van der Waals surface area contributed by atoms with Gasteiger partial charge in [0.25, 0.3) is 5.91 Å². The van der Waals surface area contributed by atoms with E-state index < -0.39 is 0 Å². The van der Waals surface area contributed by atoms with Crippen LogP contribution in [0.2, 0.25) is 0 Å². The molecule has 2 N–H and O–H groups in total. The first-order chi connectivity index (χ1) is 11.4. The molecule has 0 saturated heterocycles. The molecule has 0 atom stereocenters.